The van der Waals surface area contributed by atoms with E-state index < -0.39 is 15.9 Å². The van der Waals surface area contributed by atoms with Crippen LogP contribution in [0.3, 0.4) is 0 Å². The number of anilines is 1. The van der Waals surface area contributed by atoms with E-state index in [4.69, 9.17) is 0 Å². The third-order valence-corrected chi connectivity index (χ3v) is 8.58. The molecule has 0 aliphatic carbocycles. The molecule has 1 aromatic heterocycles. The Balaban J connectivity index is 1.47. The molecular weight excluding hydrogens is 504 g/mol. The summed E-state index contributed by atoms with van der Waals surface area (Å²) in [5.74, 6) is 0.411. The summed E-state index contributed by atoms with van der Waals surface area (Å²) < 4.78 is 26.2. The Labute approximate surface area is 220 Å². The summed E-state index contributed by atoms with van der Waals surface area (Å²) >= 11 is 1.28. The number of thioether (sulfide) groups is 1. The molecule has 5 rings (SSSR count). The fourth-order valence-corrected chi connectivity index (χ4v) is 6.34. The second kappa shape index (κ2) is 10.4. The zero-order valence-electron chi connectivity index (χ0n) is 20.5. The van der Waals surface area contributed by atoms with E-state index in [9.17, 15) is 13.2 Å². The summed E-state index contributed by atoms with van der Waals surface area (Å²) in [5, 5.41) is 10.7. The molecule has 0 radical (unpaired) electrons. The number of aromatic nitrogens is 3. The number of amides is 1. The topological polar surface area (TPSA) is 85.2 Å². The van der Waals surface area contributed by atoms with Crippen molar-refractivity contribution in [3.05, 3.63) is 101 Å². The van der Waals surface area contributed by atoms with Gasteiger partial charge in [-0.1, -0.05) is 66.4 Å². The molecule has 0 N–H and O–H groups in total. The summed E-state index contributed by atoms with van der Waals surface area (Å²) in [6.07, 6.45) is 1.58. The number of benzene rings is 3. The molecule has 3 aromatic carbocycles. The molecule has 1 amide bonds. The van der Waals surface area contributed by atoms with E-state index in [2.05, 4.69) is 36.2 Å². The smallest absolute Gasteiger partial charge is 0.238 e. The number of hydrogen-bond acceptors (Lipinski definition) is 6. The summed E-state index contributed by atoms with van der Waals surface area (Å²) in [6.45, 7) is 4.12. The zero-order chi connectivity index (χ0) is 26.0. The molecule has 2 heterocycles. The van der Waals surface area contributed by atoms with Crippen LogP contribution in [0.1, 0.15) is 11.1 Å². The fourth-order valence-electron chi connectivity index (χ4n) is 4.26. The molecule has 1 aliphatic heterocycles. The number of hydrogen-bond donors (Lipinski definition) is 0. The van der Waals surface area contributed by atoms with Gasteiger partial charge in [0.15, 0.2) is 20.8 Å². The van der Waals surface area contributed by atoms with Crippen LogP contribution in [0.25, 0.3) is 17.1 Å². The van der Waals surface area contributed by atoms with Gasteiger partial charge in [0, 0.05) is 16.7 Å². The number of carbonyl (C=O) groups excluding carboxylic acids is 1. The molecule has 1 aliphatic rings. The molecule has 0 unspecified atom stereocenters. The molecule has 0 saturated heterocycles. The molecule has 0 fully saturated rings. The van der Waals surface area contributed by atoms with Crippen molar-refractivity contribution in [1.29, 1.82) is 0 Å². The van der Waals surface area contributed by atoms with Crippen molar-refractivity contribution in [2.75, 3.05) is 16.4 Å². The Morgan fingerprint density at radius 3 is 2.32 bits per heavy atom. The first-order valence-electron chi connectivity index (χ1n) is 11.8. The quantitative estimate of drug-likeness (QED) is 0.313. The first kappa shape index (κ1) is 25.0. The van der Waals surface area contributed by atoms with E-state index in [1.54, 1.807) is 11.0 Å². The molecule has 1 atom stereocenters. The van der Waals surface area contributed by atoms with Crippen LogP contribution in [0.4, 0.5) is 5.69 Å². The van der Waals surface area contributed by atoms with Crippen molar-refractivity contribution < 1.29 is 13.2 Å². The van der Waals surface area contributed by atoms with Crippen molar-refractivity contribution in [2.45, 2.75) is 25.0 Å². The van der Waals surface area contributed by atoms with E-state index in [0.29, 0.717) is 16.7 Å². The lowest BCUT2D eigenvalue weighted by atomic mass is 10.1. The molecule has 0 saturated carbocycles. The Hall–Kier alpha value is -3.69. The lowest BCUT2D eigenvalue weighted by Crippen LogP contribution is -2.42. The summed E-state index contributed by atoms with van der Waals surface area (Å²) in [5.41, 5.74) is 4.80. The van der Waals surface area contributed by atoms with Crippen LogP contribution in [0.5, 0.6) is 0 Å². The largest absolute Gasteiger partial charge is 0.304 e. The van der Waals surface area contributed by atoms with Gasteiger partial charge < -0.3 is 4.90 Å². The normalized spacial score (nSPS) is 16.1. The van der Waals surface area contributed by atoms with Crippen LogP contribution in [0.2, 0.25) is 0 Å². The summed E-state index contributed by atoms with van der Waals surface area (Å²) in [4.78, 5) is 15.1. The number of carbonyl (C=O) groups is 1. The van der Waals surface area contributed by atoms with Crippen LogP contribution in [-0.4, -0.2) is 46.6 Å². The maximum absolute atomic E-state index is 13.6. The van der Waals surface area contributed by atoms with E-state index in [1.165, 1.54) is 22.7 Å². The predicted molar refractivity (Wildman–Crippen MR) is 148 cm³/mol. The van der Waals surface area contributed by atoms with Gasteiger partial charge in [-0.2, -0.15) is 0 Å². The van der Waals surface area contributed by atoms with Crippen molar-refractivity contribution >= 4 is 33.2 Å². The Morgan fingerprint density at radius 1 is 0.973 bits per heavy atom. The second-order valence-corrected chi connectivity index (χ2v) is 11.8. The van der Waals surface area contributed by atoms with Gasteiger partial charge in [0.1, 0.15) is 0 Å². The molecule has 4 aromatic rings. The van der Waals surface area contributed by atoms with Gasteiger partial charge in [-0.05, 0) is 55.3 Å². The van der Waals surface area contributed by atoms with Crippen molar-refractivity contribution in [3.63, 3.8) is 0 Å². The number of sulfone groups is 1. The van der Waals surface area contributed by atoms with Crippen LogP contribution in [0.15, 0.2) is 95.5 Å². The molecule has 9 heteroatoms. The van der Waals surface area contributed by atoms with Crippen LogP contribution in [0, 0.1) is 13.8 Å². The van der Waals surface area contributed by atoms with Crippen LogP contribution < -0.4 is 4.90 Å². The van der Waals surface area contributed by atoms with E-state index >= 15 is 0 Å². The van der Waals surface area contributed by atoms with Gasteiger partial charge >= 0.3 is 0 Å². The zero-order valence-corrected chi connectivity index (χ0v) is 22.1. The summed E-state index contributed by atoms with van der Waals surface area (Å²) in [7, 11) is -3.33. The van der Waals surface area contributed by atoms with Gasteiger partial charge in [-0.25, -0.2) is 8.42 Å². The van der Waals surface area contributed by atoms with Gasteiger partial charge in [-0.15, -0.1) is 10.2 Å². The lowest BCUT2D eigenvalue weighted by Gasteiger charge is -2.27. The van der Waals surface area contributed by atoms with Crippen molar-refractivity contribution in [2.24, 2.45) is 0 Å². The maximum Gasteiger partial charge on any atom is 0.238 e. The van der Waals surface area contributed by atoms with Crippen molar-refractivity contribution in [3.8, 4) is 17.1 Å². The maximum atomic E-state index is 13.6. The van der Waals surface area contributed by atoms with Gasteiger partial charge in [0.05, 0.1) is 23.2 Å². The van der Waals surface area contributed by atoms with Gasteiger partial charge in [-0.3, -0.25) is 9.36 Å². The highest BCUT2D eigenvalue weighted by Gasteiger charge is 2.31. The number of para-hydroxylation sites is 1. The Kier molecular flexibility index (Phi) is 6.99. The minimum absolute atomic E-state index is 0.0665. The molecule has 7 nitrogen and oxygen atoms in total. The summed E-state index contributed by atoms with van der Waals surface area (Å²) in [6, 6.07) is 24.6. The third kappa shape index (κ3) is 5.38. The lowest BCUT2D eigenvalue weighted by molar-refractivity contribution is -0.116. The average molecular weight is 531 g/mol. The van der Waals surface area contributed by atoms with E-state index in [0.717, 1.165) is 16.8 Å². The standard InChI is InChI=1S/C28H26N4O3S2/c1-20-13-14-24(17-21(20)2)32-27(22-9-5-3-6-10-22)29-30-28(32)36-18-26(33)31(23-11-7-4-8-12-23)25-15-16-37(34,35)19-25/h3-17,25H,18-19H2,1-2H3/t25-/m0/s1. The highest BCUT2D eigenvalue weighted by Crippen LogP contribution is 2.30. The molecule has 0 spiro atoms. The first-order chi connectivity index (χ1) is 17.8. The number of rotatable bonds is 7. The Morgan fingerprint density at radius 2 is 1.68 bits per heavy atom. The highest BCUT2D eigenvalue weighted by atomic mass is 32.2. The monoisotopic (exact) mass is 530 g/mol. The van der Waals surface area contributed by atoms with Gasteiger partial charge in [0.2, 0.25) is 5.91 Å². The highest BCUT2D eigenvalue weighted by molar-refractivity contribution is 7.99. The number of aryl methyl sites for hydroxylation is 2. The third-order valence-electron chi connectivity index (χ3n) is 6.28. The molecule has 0 bridgehead atoms. The van der Waals surface area contributed by atoms with Crippen LogP contribution >= 0.6 is 11.8 Å². The van der Waals surface area contributed by atoms with Crippen molar-refractivity contribution in [1.82, 2.24) is 14.8 Å². The predicted octanol–water partition coefficient (Wildman–Crippen LogP) is 4.99. The SMILES string of the molecule is Cc1ccc(-n2c(SCC(=O)N(c3ccccc3)[C@H]3C=CS(=O)(=O)C3)nnc2-c2ccccc2)cc1C. The molecule has 188 valence electrons. The first-order valence-corrected chi connectivity index (χ1v) is 14.5. The van der Waals surface area contributed by atoms with E-state index in [1.807, 2.05) is 71.3 Å². The minimum Gasteiger partial charge on any atom is -0.304 e. The average Bonchev–Trinajstić information content (AvgIpc) is 3.48. The van der Waals surface area contributed by atoms with Crippen LogP contribution in [-0.2, 0) is 14.6 Å². The van der Waals surface area contributed by atoms with E-state index in [-0.39, 0.29) is 17.4 Å². The fraction of sp³-hybridized carbons (Fsp3) is 0.179. The van der Waals surface area contributed by atoms with Gasteiger partial charge in [0.25, 0.3) is 0 Å². The second-order valence-electron chi connectivity index (χ2n) is 8.89. The minimum atomic E-state index is -3.33. The molecular formula is C28H26N4O3S2. The Bertz CT molecular complexity index is 1570. The number of nitrogens with zero attached hydrogens (tertiary/aromatic N) is 4. The molecule has 37 heavy (non-hydrogen) atoms.